The quantitative estimate of drug-likeness (QED) is 0.623. The molecule has 116 valence electrons. The van der Waals surface area contributed by atoms with Crippen LogP contribution in [-0.2, 0) is 17.6 Å². The van der Waals surface area contributed by atoms with Crippen molar-refractivity contribution in [1.29, 1.82) is 0 Å². The maximum absolute atomic E-state index is 12.3. The predicted molar refractivity (Wildman–Crippen MR) is 94.3 cm³/mol. The fraction of sp³-hybridized carbons (Fsp3) is 0.167. The summed E-state index contributed by atoms with van der Waals surface area (Å²) in [6.45, 7) is 1.56. The van der Waals surface area contributed by atoms with Crippen molar-refractivity contribution in [2.75, 3.05) is 0 Å². The van der Waals surface area contributed by atoms with Crippen LogP contribution in [0.4, 0.5) is 0 Å². The number of thiazole rings is 1. The Morgan fingerprint density at radius 3 is 2.48 bits per heavy atom. The third kappa shape index (κ3) is 4.00. The highest BCUT2D eigenvalue weighted by Crippen LogP contribution is 2.26. The molecule has 0 fully saturated rings. The zero-order chi connectivity index (χ0) is 16.2. The summed E-state index contributed by atoms with van der Waals surface area (Å²) in [6, 6.07) is 11.3. The summed E-state index contributed by atoms with van der Waals surface area (Å²) in [7, 11) is 0. The highest BCUT2D eigenvalue weighted by atomic mass is 32.1. The van der Waals surface area contributed by atoms with Gasteiger partial charge in [-0.05, 0) is 23.9 Å². The molecule has 2 aromatic heterocycles. The third-order valence-electron chi connectivity index (χ3n) is 3.37. The van der Waals surface area contributed by atoms with Crippen LogP contribution < -0.4 is 0 Å². The van der Waals surface area contributed by atoms with Crippen LogP contribution >= 0.6 is 22.7 Å². The first-order chi connectivity index (χ1) is 11.1. The molecule has 0 N–H and O–H groups in total. The molecule has 0 aliphatic rings. The zero-order valence-electron chi connectivity index (χ0n) is 12.6. The van der Waals surface area contributed by atoms with Crippen LogP contribution in [0, 0.1) is 0 Å². The summed E-state index contributed by atoms with van der Waals surface area (Å²) >= 11 is 3.16. The van der Waals surface area contributed by atoms with E-state index in [9.17, 15) is 9.59 Å². The molecule has 0 unspecified atom stereocenters. The van der Waals surface area contributed by atoms with Crippen molar-refractivity contribution in [3.05, 3.63) is 63.3 Å². The molecule has 5 heteroatoms. The fourth-order valence-corrected chi connectivity index (χ4v) is 3.82. The van der Waals surface area contributed by atoms with Crippen LogP contribution in [0.15, 0.2) is 47.2 Å². The first-order valence-corrected chi connectivity index (χ1v) is 8.97. The first kappa shape index (κ1) is 15.8. The average molecular weight is 341 g/mol. The minimum absolute atomic E-state index is 0.0476. The topological polar surface area (TPSA) is 47.0 Å². The van der Waals surface area contributed by atoms with Crippen LogP contribution in [0.25, 0.3) is 10.6 Å². The maximum atomic E-state index is 12.3. The Balaban J connectivity index is 1.68. The van der Waals surface area contributed by atoms with E-state index in [4.69, 9.17) is 0 Å². The average Bonchev–Trinajstić information content (AvgIpc) is 3.18. The number of carbonyl (C=O) groups excluding carboxylic acids is 2. The van der Waals surface area contributed by atoms with Gasteiger partial charge in [-0.3, -0.25) is 9.59 Å². The molecule has 0 saturated heterocycles. The molecule has 0 bridgehead atoms. The number of ketones is 2. The normalized spacial score (nSPS) is 10.7. The van der Waals surface area contributed by atoms with Crippen LogP contribution in [0.5, 0.6) is 0 Å². The lowest BCUT2D eigenvalue weighted by molar-refractivity contribution is -0.116. The molecule has 23 heavy (non-hydrogen) atoms. The van der Waals surface area contributed by atoms with E-state index in [2.05, 4.69) is 4.98 Å². The molecule has 0 aliphatic carbocycles. The Morgan fingerprint density at radius 1 is 1.04 bits per heavy atom. The van der Waals surface area contributed by atoms with Crippen molar-refractivity contribution in [2.45, 2.75) is 19.8 Å². The third-order valence-corrected chi connectivity index (χ3v) is 5.11. The molecule has 2 heterocycles. The smallest absolute Gasteiger partial charge is 0.169 e. The van der Waals surface area contributed by atoms with E-state index in [1.54, 1.807) is 30.4 Å². The first-order valence-electron chi connectivity index (χ1n) is 7.21. The molecular formula is C18H15NO2S2. The van der Waals surface area contributed by atoms with Gasteiger partial charge in [0.2, 0.25) is 0 Å². The van der Waals surface area contributed by atoms with Crippen molar-refractivity contribution in [3.8, 4) is 10.6 Å². The van der Waals surface area contributed by atoms with Crippen LogP contribution in [-0.4, -0.2) is 16.6 Å². The van der Waals surface area contributed by atoms with E-state index in [0.717, 1.165) is 21.1 Å². The molecular weight excluding hydrogens is 326 g/mol. The number of rotatable bonds is 6. The summed E-state index contributed by atoms with van der Waals surface area (Å²) in [5.74, 6) is 0.166. The molecule has 0 amide bonds. The second-order valence-corrected chi connectivity index (χ2v) is 7.17. The standard InChI is InChI=1S/C18H15NO2S2/c1-12(20)9-13-4-6-14(7-5-13)16(21)10-18-19-15(11-23-18)17-3-2-8-22-17/h2-8,11H,9-10H2,1H3. The molecule has 3 aromatic rings. The van der Waals surface area contributed by atoms with E-state index in [-0.39, 0.29) is 11.6 Å². The maximum Gasteiger partial charge on any atom is 0.169 e. The van der Waals surface area contributed by atoms with Crippen LogP contribution in [0.3, 0.4) is 0 Å². The number of benzene rings is 1. The lowest BCUT2D eigenvalue weighted by Crippen LogP contribution is -2.04. The van der Waals surface area contributed by atoms with Gasteiger partial charge >= 0.3 is 0 Å². The minimum atomic E-state index is 0.0476. The minimum Gasteiger partial charge on any atom is -0.300 e. The highest BCUT2D eigenvalue weighted by Gasteiger charge is 2.12. The van der Waals surface area contributed by atoms with Crippen molar-refractivity contribution in [2.24, 2.45) is 0 Å². The summed E-state index contributed by atoms with van der Waals surface area (Å²) in [5.41, 5.74) is 2.53. The Labute approximate surface area is 142 Å². The number of hydrogen-bond donors (Lipinski definition) is 0. The van der Waals surface area contributed by atoms with Gasteiger partial charge in [0.15, 0.2) is 5.78 Å². The van der Waals surface area contributed by atoms with E-state index in [1.165, 1.54) is 11.3 Å². The molecule has 0 radical (unpaired) electrons. The predicted octanol–water partition coefficient (Wildman–Crippen LogP) is 4.43. The molecule has 0 aliphatic heterocycles. The van der Waals surface area contributed by atoms with E-state index >= 15 is 0 Å². The summed E-state index contributed by atoms with van der Waals surface area (Å²) in [5, 5.41) is 4.83. The molecule has 0 saturated carbocycles. The van der Waals surface area contributed by atoms with Crippen molar-refractivity contribution < 1.29 is 9.59 Å². The van der Waals surface area contributed by atoms with E-state index < -0.39 is 0 Å². The number of aromatic nitrogens is 1. The zero-order valence-corrected chi connectivity index (χ0v) is 14.2. The van der Waals surface area contributed by atoms with Gasteiger partial charge in [-0.1, -0.05) is 30.3 Å². The van der Waals surface area contributed by atoms with Gasteiger partial charge in [-0.2, -0.15) is 0 Å². The molecule has 3 rings (SSSR count). The second-order valence-electron chi connectivity index (χ2n) is 5.28. The van der Waals surface area contributed by atoms with Crippen molar-refractivity contribution in [1.82, 2.24) is 4.98 Å². The molecule has 0 spiro atoms. The monoisotopic (exact) mass is 341 g/mol. The van der Waals surface area contributed by atoms with Gasteiger partial charge in [-0.25, -0.2) is 4.98 Å². The number of carbonyl (C=O) groups is 2. The number of nitrogens with zero attached hydrogens (tertiary/aromatic N) is 1. The Hall–Kier alpha value is -2.11. The van der Waals surface area contributed by atoms with Crippen molar-refractivity contribution in [3.63, 3.8) is 0 Å². The summed E-state index contributed by atoms with van der Waals surface area (Å²) < 4.78 is 0. The van der Waals surface area contributed by atoms with Gasteiger partial charge in [0, 0.05) is 17.4 Å². The van der Waals surface area contributed by atoms with E-state index in [1.807, 2.05) is 35.0 Å². The van der Waals surface area contributed by atoms with Crippen LogP contribution in [0.2, 0.25) is 0 Å². The van der Waals surface area contributed by atoms with Crippen LogP contribution in [0.1, 0.15) is 27.9 Å². The molecule has 0 atom stereocenters. The summed E-state index contributed by atoms with van der Waals surface area (Å²) in [6.07, 6.45) is 0.715. The molecule has 1 aromatic carbocycles. The number of thiophene rings is 1. The van der Waals surface area contributed by atoms with Gasteiger partial charge in [0.1, 0.15) is 10.8 Å². The Bertz CT molecular complexity index is 817. The largest absolute Gasteiger partial charge is 0.300 e. The number of hydrogen-bond acceptors (Lipinski definition) is 5. The van der Waals surface area contributed by atoms with Gasteiger partial charge < -0.3 is 0 Å². The SMILES string of the molecule is CC(=O)Cc1ccc(C(=O)Cc2nc(-c3cccs3)cs2)cc1. The Morgan fingerprint density at radius 2 is 1.83 bits per heavy atom. The summed E-state index contributed by atoms with van der Waals surface area (Å²) in [4.78, 5) is 29.1. The Kier molecular flexibility index (Phi) is 4.79. The van der Waals surface area contributed by atoms with E-state index in [0.29, 0.717) is 18.4 Å². The van der Waals surface area contributed by atoms with Gasteiger partial charge in [0.05, 0.1) is 17.0 Å². The second kappa shape index (κ2) is 6.98. The highest BCUT2D eigenvalue weighted by molar-refractivity contribution is 7.14. The number of Topliss-reactive ketones (excluding diaryl/α,β-unsaturated/α-hetero) is 2. The lowest BCUT2D eigenvalue weighted by atomic mass is 10.0. The van der Waals surface area contributed by atoms with Crippen molar-refractivity contribution >= 4 is 34.2 Å². The van der Waals surface area contributed by atoms with Gasteiger partial charge in [0.25, 0.3) is 0 Å². The lowest BCUT2D eigenvalue weighted by Gasteiger charge is -2.01. The fourth-order valence-electron chi connectivity index (χ4n) is 2.26. The molecule has 3 nitrogen and oxygen atoms in total. The van der Waals surface area contributed by atoms with Gasteiger partial charge in [-0.15, -0.1) is 22.7 Å².